The summed E-state index contributed by atoms with van der Waals surface area (Å²) in [5, 5.41) is 8.34. The Morgan fingerprint density at radius 1 is 1.27 bits per heavy atom. The number of nitrogens with zero attached hydrogens (tertiary/aromatic N) is 2. The van der Waals surface area contributed by atoms with E-state index < -0.39 is 0 Å². The number of nitrogens with one attached hydrogen (secondary N) is 1. The monoisotopic (exact) mass is 333 g/mol. The highest BCUT2D eigenvalue weighted by Gasteiger charge is 2.38. The molecular weight excluding hydrogens is 318 g/mol. The maximum Gasteiger partial charge on any atom is 0.344 e. The fourth-order valence-corrected chi connectivity index (χ4v) is 4.54. The van der Waals surface area contributed by atoms with Crippen LogP contribution in [0, 0.1) is 11.8 Å². The van der Waals surface area contributed by atoms with Gasteiger partial charge in [0.2, 0.25) is 0 Å². The minimum absolute atomic E-state index is 0.0930. The lowest BCUT2D eigenvalue weighted by Gasteiger charge is -2.20. The molecule has 1 fully saturated rings. The van der Waals surface area contributed by atoms with E-state index in [2.05, 4.69) is 22.3 Å². The van der Waals surface area contributed by atoms with E-state index in [1.165, 1.54) is 12.0 Å². The van der Waals surface area contributed by atoms with Gasteiger partial charge in [-0.3, -0.25) is 4.57 Å². The van der Waals surface area contributed by atoms with E-state index in [0.717, 1.165) is 22.4 Å². The summed E-state index contributed by atoms with van der Waals surface area (Å²) < 4.78 is 1.86. The summed E-state index contributed by atoms with van der Waals surface area (Å²) >= 11 is 7.50. The normalized spacial score (nSPS) is 26.0. The van der Waals surface area contributed by atoms with E-state index in [4.69, 9.17) is 11.6 Å². The number of fused-ring (bicyclic) bond motifs is 2. The van der Waals surface area contributed by atoms with Crippen molar-refractivity contribution in [1.82, 2.24) is 14.8 Å². The smallest absolute Gasteiger partial charge is 0.266 e. The molecule has 6 heteroatoms. The summed E-state index contributed by atoms with van der Waals surface area (Å²) in [5.41, 5.74) is 1.08. The molecule has 4 nitrogen and oxygen atoms in total. The largest absolute Gasteiger partial charge is 0.344 e. The van der Waals surface area contributed by atoms with Gasteiger partial charge in [-0.2, -0.15) is 0 Å². The van der Waals surface area contributed by atoms with E-state index in [9.17, 15) is 4.79 Å². The molecule has 22 heavy (non-hydrogen) atoms. The highest BCUT2D eigenvalue weighted by Crippen LogP contribution is 2.46. The molecule has 0 amide bonds. The van der Waals surface area contributed by atoms with Crippen LogP contribution in [0.3, 0.4) is 0 Å². The minimum Gasteiger partial charge on any atom is -0.266 e. The lowest BCUT2D eigenvalue weighted by atomic mass is 10.0. The van der Waals surface area contributed by atoms with Crippen molar-refractivity contribution in [2.75, 3.05) is 0 Å². The Labute approximate surface area is 137 Å². The van der Waals surface area contributed by atoms with Crippen LogP contribution >= 0.6 is 23.4 Å². The van der Waals surface area contributed by atoms with Gasteiger partial charge in [0.15, 0.2) is 5.16 Å². The van der Waals surface area contributed by atoms with Gasteiger partial charge in [0.25, 0.3) is 0 Å². The number of rotatable bonds is 4. The fourth-order valence-electron chi connectivity index (χ4n) is 3.46. The van der Waals surface area contributed by atoms with Gasteiger partial charge in [0.1, 0.15) is 0 Å². The molecule has 2 aromatic rings. The van der Waals surface area contributed by atoms with Crippen molar-refractivity contribution in [3.8, 4) is 0 Å². The van der Waals surface area contributed by atoms with Crippen LogP contribution in [0.1, 0.15) is 24.4 Å². The van der Waals surface area contributed by atoms with Crippen LogP contribution in [-0.2, 0) is 5.75 Å². The van der Waals surface area contributed by atoms with Crippen LogP contribution in [0.4, 0.5) is 0 Å². The van der Waals surface area contributed by atoms with Crippen molar-refractivity contribution in [3.63, 3.8) is 0 Å². The van der Waals surface area contributed by atoms with Crippen LogP contribution in [0.5, 0.6) is 0 Å². The predicted octanol–water partition coefficient (Wildman–Crippen LogP) is 3.65. The number of benzene rings is 1. The van der Waals surface area contributed by atoms with Gasteiger partial charge in [-0.15, -0.1) is 5.10 Å². The second-order valence-electron chi connectivity index (χ2n) is 5.94. The van der Waals surface area contributed by atoms with Gasteiger partial charge in [-0.05, 0) is 42.4 Å². The van der Waals surface area contributed by atoms with Gasteiger partial charge in [-0.25, -0.2) is 9.89 Å². The Kier molecular flexibility index (Phi) is 3.62. The molecule has 3 atom stereocenters. The zero-order valence-electron chi connectivity index (χ0n) is 11.9. The Bertz CT molecular complexity index is 764. The topological polar surface area (TPSA) is 50.7 Å². The Balaban J connectivity index is 1.54. The second kappa shape index (κ2) is 5.63. The average molecular weight is 334 g/mol. The number of halogens is 1. The molecule has 1 N–H and O–H groups in total. The highest BCUT2D eigenvalue weighted by atomic mass is 35.5. The molecule has 0 unspecified atom stereocenters. The number of allylic oxidation sites excluding steroid dienone is 2. The number of aromatic nitrogens is 3. The first-order valence-electron chi connectivity index (χ1n) is 7.43. The standard InChI is InChI=1S/C16H16ClN3OS/c17-13-5-2-10(3-6-13)9-22-16-19-18-15(21)20(16)14-8-11-1-4-12(14)7-11/h1-6,11-12,14H,7-9H2,(H,18,21)/t11-,12+,14+/m0/s1. The van der Waals surface area contributed by atoms with Crippen molar-refractivity contribution in [2.24, 2.45) is 11.8 Å². The number of hydrogen-bond donors (Lipinski definition) is 1. The summed E-state index contributed by atoms with van der Waals surface area (Å²) in [7, 11) is 0. The molecule has 114 valence electrons. The molecule has 1 aromatic heterocycles. The van der Waals surface area contributed by atoms with Crippen molar-refractivity contribution in [3.05, 3.63) is 57.5 Å². The molecular formula is C16H16ClN3OS. The average Bonchev–Trinajstić information content (AvgIpc) is 3.22. The summed E-state index contributed by atoms with van der Waals surface area (Å²) in [5.74, 6) is 1.89. The lowest BCUT2D eigenvalue weighted by Crippen LogP contribution is -2.25. The summed E-state index contributed by atoms with van der Waals surface area (Å²) in [4.78, 5) is 12.1. The molecule has 0 radical (unpaired) electrons. The van der Waals surface area contributed by atoms with Crippen LogP contribution in [0.25, 0.3) is 0 Å². The van der Waals surface area contributed by atoms with E-state index in [-0.39, 0.29) is 11.7 Å². The molecule has 2 aliphatic rings. The van der Waals surface area contributed by atoms with Gasteiger partial charge < -0.3 is 0 Å². The van der Waals surface area contributed by atoms with E-state index in [1.54, 1.807) is 11.8 Å². The number of aromatic amines is 1. The maximum atomic E-state index is 12.1. The molecule has 0 aliphatic heterocycles. The summed E-state index contributed by atoms with van der Waals surface area (Å²) in [6.45, 7) is 0. The van der Waals surface area contributed by atoms with Gasteiger partial charge in [0.05, 0.1) is 0 Å². The quantitative estimate of drug-likeness (QED) is 0.686. The zero-order valence-corrected chi connectivity index (χ0v) is 13.5. The Hall–Kier alpha value is -1.46. The van der Waals surface area contributed by atoms with Gasteiger partial charge in [-0.1, -0.05) is 47.6 Å². The minimum atomic E-state index is -0.0930. The molecule has 1 aromatic carbocycles. The number of hydrogen-bond acceptors (Lipinski definition) is 3. The number of thioether (sulfide) groups is 1. The predicted molar refractivity (Wildman–Crippen MR) is 88.3 cm³/mol. The molecule has 1 heterocycles. The lowest BCUT2D eigenvalue weighted by molar-refractivity contribution is 0.396. The van der Waals surface area contributed by atoms with Crippen LogP contribution in [0.15, 0.2) is 46.4 Å². The summed E-state index contributed by atoms with van der Waals surface area (Å²) in [6, 6.07) is 8.04. The molecule has 4 rings (SSSR count). The molecule has 2 aliphatic carbocycles. The van der Waals surface area contributed by atoms with Crippen molar-refractivity contribution < 1.29 is 0 Å². The van der Waals surface area contributed by atoms with Crippen molar-refractivity contribution in [2.45, 2.75) is 29.8 Å². The van der Waals surface area contributed by atoms with Crippen LogP contribution in [0.2, 0.25) is 5.02 Å². The highest BCUT2D eigenvalue weighted by molar-refractivity contribution is 7.98. The van der Waals surface area contributed by atoms with Gasteiger partial charge >= 0.3 is 5.69 Å². The van der Waals surface area contributed by atoms with Crippen LogP contribution in [-0.4, -0.2) is 14.8 Å². The second-order valence-corrected chi connectivity index (χ2v) is 7.32. The third-order valence-electron chi connectivity index (χ3n) is 4.53. The van der Waals surface area contributed by atoms with E-state index in [0.29, 0.717) is 11.8 Å². The Morgan fingerprint density at radius 2 is 2.09 bits per heavy atom. The molecule has 0 saturated heterocycles. The van der Waals surface area contributed by atoms with E-state index in [1.807, 2.05) is 28.8 Å². The summed E-state index contributed by atoms with van der Waals surface area (Å²) in [6.07, 6.45) is 6.76. The molecule has 0 spiro atoms. The maximum absolute atomic E-state index is 12.1. The zero-order chi connectivity index (χ0) is 15.1. The first-order chi connectivity index (χ1) is 10.7. The number of H-pyrrole nitrogens is 1. The Morgan fingerprint density at radius 3 is 2.77 bits per heavy atom. The van der Waals surface area contributed by atoms with Crippen LogP contribution < -0.4 is 5.69 Å². The first kappa shape index (κ1) is 14.2. The molecule has 1 saturated carbocycles. The molecule has 2 bridgehead atoms. The third-order valence-corrected chi connectivity index (χ3v) is 5.80. The van der Waals surface area contributed by atoms with Crippen molar-refractivity contribution >= 4 is 23.4 Å². The van der Waals surface area contributed by atoms with E-state index >= 15 is 0 Å². The van der Waals surface area contributed by atoms with Gasteiger partial charge in [0, 0.05) is 16.8 Å². The SMILES string of the molecule is O=c1[nH]nc(SCc2ccc(Cl)cc2)n1[C@@H]1C[C@H]2C=C[C@@H]1C2. The fraction of sp³-hybridized carbons (Fsp3) is 0.375. The first-order valence-corrected chi connectivity index (χ1v) is 8.79. The third kappa shape index (κ3) is 2.52. The van der Waals surface area contributed by atoms with Crippen molar-refractivity contribution in [1.29, 1.82) is 0 Å².